The van der Waals surface area contributed by atoms with Crippen LogP contribution in [0.4, 0.5) is 13.2 Å². The maximum Gasteiger partial charge on any atom is 0.433 e. The van der Waals surface area contributed by atoms with Crippen molar-refractivity contribution in [2.24, 2.45) is 12.2 Å². The highest BCUT2D eigenvalue weighted by molar-refractivity contribution is 7.89. The number of halogens is 3. The molecule has 3 rings (SSSR count). The molecule has 1 aromatic heterocycles. The van der Waals surface area contributed by atoms with Crippen LogP contribution in [0, 0.1) is 6.92 Å². The summed E-state index contributed by atoms with van der Waals surface area (Å²) in [4.78, 5) is -0.130. The number of aromatic nitrogens is 2. The molecule has 0 bridgehead atoms. The van der Waals surface area contributed by atoms with Gasteiger partial charge in [0.25, 0.3) is 0 Å². The molecule has 5 nitrogen and oxygen atoms in total. The number of benzene rings is 2. The third kappa shape index (κ3) is 3.74. The van der Waals surface area contributed by atoms with Crippen LogP contribution >= 0.6 is 0 Å². The molecule has 9 heteroatoms. The molecule has 0 spiro atoms. The van der Waals surface area contributed by atoms with Gasteiger partial charge in [0.15, 0.2) is 5.69 Å². The van der Waals surface area contributed by atoms with Gasteiger partial charge in [0.05, 0.1) is 4.90 Å². The van der Waals surface area contributed by atoms with E-state index < -0.39 is 21.9 Å². The largest absolute Gasteiger partial charge is 0.433 e. The second-order valence-electron chi connectivity index (χ2n) is 6.13. The number of rotatable bonds is 3. The standard InChI is InChI=1S/C18H16F3N3O2S/c1-11-3-5-12(6-4-11)15-16(23-24(2)17(15)18(19,20)21)13-7-9-14(10-8-13)27(22,25)26/h3-10H,1-2H3,(H2,22,25,26). The molecule has 0 aliphatic rings. The van der Waals surface area contributed by atoms with Crippen LogP contribution in [0.15, 0.2) is 53.4 Å². The Hall–Kier alpha value is -2.65. The van der Waals surface area contributed by atoms with Crippen molar-refractivity contribution in [2.75, 3.05) is 0 Å². The first-order chi connectivity index (χ1) is 12.5. The van der Waals surface area contributed by atoms with Gasteiger partial charge in [-0.3, -0.25) is 4.68 Å². The summed E-state index contributed by atoms with van der Waals surface area (Å²) in [5.41, 5.74) is 0.797. The number of nitrogens with zero attached hydrogens (tertiary/aromatic N) is 2. The molecule has 1 heterocycles. The van der Waals surface area contributed by atoms with Gasteiger partial charge in [-0.05, 0) is 24.6 Å². The molecule has 0 unspecified atom stereocenters. The molecular weight excluding hydrogens is 379 g/mol. The molecule has 0 fully saturated rings. The second-order valence-corrected chi connectivity index (χ2v) is 7.69. The Balaban J connectivity index is 2.26. The molecule has 3 aromatic rings. The highest BCUT2D eigenvalue weighted by atomic mass is 32.2. The molecule has 0 radical (unpaired) electrons. The van der Waals surface area contributed by atoms with E-state index in [1.807, 2.05) is 6.92 Å². The highest BCUT2D eigenvalue weighted by Gasteiger charge is 2.39. The summed E-state index contributed by atoms with van der Waals surface area (Å²) >= 11 is 0. The van der Waals surface area contributed by atoms with Gasteiger partial charge < -0.3 is 0 Å². The van der Waals surface area contributed by atoms with Crippen molar-refractivity contribution in [3.8, 4) is 22.4 Å². The third-order valence-corrected chi connectivity index (χ3v) is 5.04. The number of nitrogens with two attached hydrogens (primary N) is 1. The van der Waals surface area contributed by atoms with E-state index in [0.717, 1.165) is 10.2 Å². The van der Waals surface area contributed by atoms with Crippen molar-refractivity contribution in [1.82, 2.24) is 9.78 Å². The predicted octanol–water partition coefficient (Wildman–Crippen LogP) is 3.73. The number of hydrogen-bond acceptors (Lipinski definition) is 3. The Kier molecular flexibility index (Phi) is 4.61. The lowest BCUT2D eigenvalue weighted by Gasteiger charge is -2.11. The normalized spacial score (nSPS) is 12.4. The average molecular weight is 395 g/mol. The Bertz CT molecular complexity index is 1080. The van der Waals surface area contributed by atoms with Gasteiger partial charge in [0.2, 0.25) is 10.0 Å². The van der Waals surface area contributed by atoms with Crippen molar-refractivity contribution in [3.63, 3.8) is 0 Å². The van der Waals surface area contributed by atoms with E-state index in [1.165, 1.54) is 31.3 Å². The molecule has 0 aliphatic heterocycles. The van der Waals surface area contributed by atoms with Crippen LogP contribution < -0.4 is 5.14 Å². The Morgan fingerprint density at radius 2 is 1.48 bits per heavy atom. The summed E-state index contributed by atoms with van der Waals surface area (Å²) in [5, 5.41) is 9.12. The molecule has 2 aromatic carbocycles. The minimum atomic E-state index is -4.61. The molecular formula is C18H16F3N3O2S. The van der Waals surface area contributed by atoms with Crippen LogP contribution in [0.5, 0.6) is 0 Å². The Labute approximate surface area is 154 Å². The van der Waals surface area contributed by atoms with Crippen molar-refractivity contribution in [1.29, 1.82) is 0 Å². The fraction of sp³-hybridized carbons (Fsp3) is 0.167. The maximum atomic E-state index is 13.7. The van der Waals surface area contributed by atoms with Crippen LogP contribution in [0.25, 0.3) is 22.4 Å². The van der Waals surface area contributed by atoms with E-state index in [9.17, 15) is 21.6 Å². The summed E-state index contributed by atoms with van der Waals surface area (Å²) in [5.74, 6) is 0. The summed E-state index contributed by atoms with van der Waals surface area (Å²) in [7, 11) is -2.68. The van der Waals surface area contributed by atoms with Crippen molar-refractivity contribution in [2.45, 2.75) is 18.0 Å². The molecule has 0 amide bonds. The number of alkyl halides is 3. The first kappa shape index (κ1) is 19.1. The smallest absolute Gasteiger partial charge is 0.262 e. The number of primary sulfonamides is 1. The molecule has 0 aliphatic carbocycles. The van der Waals surface area contributed by atoms with Gasteiger partial charge >= 0.3 is 6.18 Å². The van der Waals surface area contributed by atoms with Gasteiger partial charge in [-0.25, -0.2) is 13.6 Å². The number of hydrogen-bond donors (Lipinski definition) is 1. The lowest BCUT2D eigenvalue weighted by Crippen LogP contribution is -2.13. The molecule has 0 saturated carbocycles. The van der Waals surface area contributed by atoms with Crippen LogP contribution in [0.1, 0.15) is 11.3 Å². The molecule has 2 N–H and O–H groups in total. The van der Waals surface area contributed by atoms with Crippen LogP contribution in [0.2, 0.25) is 0 Å². The zero-order valence-corrected chi connectivity index (χ0v) is 15.3. The van der Waals surface area contributed by atoms with Gasteiger partial charge in [0.1, 0.15) is 5.69 Å². The van der Waals surface area contributed by atoms with Crippen molar-refractivity contribution < 1.29 is 21.6 Å². The van der Waals surface area contributed by atoms with E-state index in [-0.39, 0.29) is 16.2 Å². The summed E-state index contributed by atoms with van der Waals surface area (Å²) in [6.07, 6.45) is -4.61. The van der Waals surface area contributed by atoms with Crippen molar-refractivity contribution in [3.05, 3.63) is 59.8 Å². The molecule has 142 valence electrons. The summed E-state index contributed by atoms with van der Waals surface area (Å²) in [6, 6.07) is 11.9. The van der Waals surface area contributed by atoms with Crippen LogP contribution in [-0.4, -0.2) is 18.2 Å². The quantitative estimate of drug-likeness (QED) is 0.734. The average Bonchev–Trinajstić information content (AvgIpc) is 2.92. The summed E-state index contributed by atoms with van der Waals surface area (Å²) in [6.45, 7) is 1.84. The number of sulfonamides is 1. The highest BCUT2D eigenvalue weighted by Crippen LogP contribution is 2.42. The van der Waals surface area contributed by atoms with Gasteiger partial charge in [-0.1, -0.05) is 42.0 Å². The molecule has 27 heavy (non-hydrogen) atoms. The number of aryl methyl sites for hydroxylation is 2. The third-order valence-electron chi connectivity index (χ3n) is 4.11. The topological polar surface area (TPSA) is 78.0 Å². The second kappa shape index (κ2) is 6.50. The van der Waals surface area contributed by atoms with Gasteiger partial charge in [-0.15, -0.1) is 0 Å². The van der Waals surface area contributed by atoms with E-state index in [1.54, 1.807) is 24.3 Å². The van der Waals surface area contributed by atoms with Crippen LogP contribution in [0.3, 0.4) is 0 Å². The first-order valence-electron chi connectivity index (χ1n) is 7.83. The van der Waals surface area contributed by atoms with Gasteiger partial charge in [-0.2, -0.15) is 18.3 Å². The Morgan fingerprint density at radius 3 is 1.96 bits per heavy atom. The lowest BCUT2D eigenvalue weighted by atomic mass is 9.98. The fourth-order valence-electron chi connectivity index (χ4n) is 2.85. The zero-order chi connectivity index (χ0) is 20.0. The zero-order valence-electron chi connectivity index (χ0n) is 14.4. The first-order valence-corrected chi connectivity index (χ1v) is 9.37. The predicted molar refractivity (Wildman–Crippen MR) is 95.2 cm³/mol. The molecule has 0 atom stereocenters. The monoisotopic (exact) mass is 395 g/mol. The van der Waals surface area contributed by atoms with E-state index in [0.29, 0.717) is 11.1 Å². The maximum absolute atomic E-state index is 13.7. The van der Waals surface area contributed by atoms with Crippen LogP contribution in [-0.2, 0) is 23.2 Å². The Morgan fingerprint density at radius 1 is 0.963 bits per heavy atom. The van der Waals surface area contributed by atoms with E-state index in [2.05, 4.69) is 5.10 Å². The minimum absolute atomic E-state index is 0.0617. The van der Waals surface area contributed by atoms with E-state index >= 15 is 0 Å². The molecule has 0 saturated heterocycles. The minimum Gasteiger partial charge on any atom is -0.262 e. The SMILES string of the molecule is Cc1ccc(-c2c(-c3ccc(S(N)(=O)=O)cc3)nn(C)c2C(F)(F)F)cc1. The van der Waals surface area contributed by atoms with E-state index in [4.69, 9.17) is 5.14 Å². The fourth-order valence-corrected chi connectivity index (χ4v) is 3.36. The lowest BCUT2D eigenvalue weighted by molar-refractivity contribution is -0.143. The van der Waals surface area contributed by atoms with Crippen molar-refractivity contribution >= 4 is 10.0 Å². The summed E-state index contributed by atoms with van der Waals surface area (Å²) < 4.78 is 64.6. The van der Waals surface area contributed by atoms with Gasteiger partial charge in [0, 0.05) is 18.2 Å².